The lowest BCUT2D eigenvalue weighted by Crippen LogP contribution is -2.52. The van der Waals surface area contributed by atoms with Crippen LogP contribution in [0.2, 0.25) is 0 Å². The minimum Gasteiger partial charge on any atom is -0.299 e. The number of halogens is 3. The van der Waals surface area contributed by atoms with Gasteiger partial charge in [-0.3, -0.25) is 4.79 Å². The number of sulfonamides is 1. The number of aromatic nitrogens is 2. The van der Waals surface area contributed by atoms with E-state index in [4.69, 9.17) is 0 Å². The summed E-state index contributed by atoms with van der Waals surface area (Å²) >= 11 is 0. The average molecular weight is 488 g/mol. The molecular formula is C24H20F3N3O3S. The van der Waals surface area contributed by atoms with Crippen molar-refractivity contribution in [3.8, 4) is 5.69 Å². The highest BCUT2D eigenvalue weighted by atomic mass is 32.2. The van der Waals surface area contributed by atoms with Gasteiger partial charge in [-0.2, -0.15) is 9.40 Å². The second-order valence-corrected chi connectivity index (χ2v) is 10.5. The Bertz CT molecular complexity index is 1450. The molecule has 0 amide bonds. The number of rotatable bonds is 4. The lowest BCUT2D eigenvalue weighted by atomic mass is 9.66. The smallest absolute Gasteiger partial charge is 0.243 e. The Morgan fingerprint density at radius 1 is 1.06 bits per heavy atom. The summed E-state index contributed by atoms with van der Waals surface area (Å²) in [5, 5.41) is 4.41. The fourth-order valence-electron chi connectivity index (χ4n) is 4.76. The Morgan fingerprint density at radius 2 is 1.79 bits per heavy atom. The maximum absolute atomic E-state index is 13.7. The molecule has 0 unspecified atom stereocenters. The van der Waals surface area contributed by atoms with E-state index in [1.165, 1.54) is 19.1 Å². The highest BCUT2D eigenvalue weighted by molar-refractivity contribution is 7.89. The molecule has 0 radical (unpaired) electrons. The number of nitrogens with zero attached hydrogens (tertiary/aromatic N) is 3. The summed E-state index contributed by atoms with van der Waals surface area (Å²) < 4.78 is 69.7. The number of hydrogen-bond donors (Lipinski definition) is 0. The average Bonchev–Trinajstić information content (AvgIpc) is 3.21. The molecule has 1 fully saturated rings. The van der Waals surface area contributed by atoms with Gasteiger partial charge >= 0.3 is 0 Å². The first-order valence-corrected chi connectivity index (χ1v) is 12.1. The molecule has 1 aliphatic carbocycles. The molecule has 1 aromatic heterocycles. The van der Waals surface area contributed by atoms with Crippen LogP contribution in [-0.2, 0) is 21.2 Å². The van der Waals surface area contributed by atoms with Gasteiger partial charge in [0.25, 0.3) is 0 Å². The van der Waals surface area contributed by atoms with E-state index >= 15 is 0 Å². The van der Waals surface area contributed by atoms with E-state index in [9.17, 15) is 26.4 Å². The minimum absolute atomic E-state index is 0.0855. The van der Waals surface area contributed by atoms with Crippen molar-refractivity contribution in [2.24, 2.45) is 5.41 Å². The summed E-state index contributed by atoms with van der Waals surface area (Å²) in [4.78, 5) is 12.6. The Hall–Kier alpha value is -3.24. The van der Waals surface area contributed by atoms with Crippen molar-refractivity contribution in [2.75, 3.05) is 13.1 Å². The largest absolute Gasteiger partial charge is 0.299 e. The minimum atomic E-state index is -4.15. The predicted molar refractivity (Wildman–Crippen MR) is 118 cm³/mol. The molecule has 0 N–H and O–H groups in total. The number of ketones is 1. The lowest BCUT2D eigenvalue weighted by molar-refractivity contribution is -0.125. The van der Waals surface area contributed by atoms with Gasteiger partial charge in [0.1, 0.15) is 11.6 Å². The number of carbonyl (C=O) groups is 1. The first-order chi connectivity index (χ1) is 16.1. The summed E-state index contributed by atoms with van der Waals surface area (Å²) in [6, 6.07) is 8.32. The van der Waals surface area contributed by atoms with E-state index in [-0.39, 0.29) is 42.4 Å². The summed E-state index contributed by atoms with van der Waals surface area (Å²) in [7, 11) is -4.15. The zero-order valence-corrected chi connectivity index (χ0v) is 18.9. The molecule has 1 atom stereocenters. The normalized spacial score (nSPS) is 20.4. The van der Waals surface area contributed by atoms with Crippen molar-refractivity contribution in [1.29, 1.82) is 0 Å². The van der Waals surface area contributed by atoms with Crippen LogP contribution in [0.5, 0.6) is 0 Å². The third kappa shape index (κ3) is 3.48. The molecule has 1 aliphatic heterocycles. The van der Waals surface area contributed by atoms with Gasteiger partial charge in [-0.25, -0.2) is 26.3 Å². The second-order valence-electron chi connectivity index (χ2n) is 8.59. The highest BCUT2D eigenvalue weighted by Gasteiger charge is 2.49. The van der Waals surface area contributed by atoms with Crippen molar-refractivity contribution in [2.45, 2.75) is 24.7 Å². The SMILES string of the molecule is CC(=O)[C@]12Cc3cnn(-c4ccc(F)cc4)c3C=C1CCN(S(=O)(=O)c1ccc(F)c(F)c1)C2. The van der Waals surface area contributed by atoms with Crippen molar-refractivity contribution in [3.05, 3.63) is 82.9 Å². The molecule has 176 valence electrons. The number of fused-ring (bicyclic) bond motifs is 2. The quantitative estimate of drug-likeness (QED) is 0.560. The van der Waals surface area contributed by atoms with Crippen molar-refractivity contribution in [3.63, 3.8) is 0 Å². The Kier molecular flexibility index (Phi) is 5.25. The molecule has 6 nitrogen and oxygen atoms in total. The van der Waals surface area contributed by atoms with Gasteiger partial charge in [0.05, 0.1) is 27.9 Å². The van der Waals surface area contributed by atoms with E-state index in [0.717, 1.165) is 33.3 Å². The predicted octanol–water partition coefficient (Wildman–Crippen LogP) is 3.90. The fourth-order valence-corrected chi connectivity index (χ4v) is 6.27. The standard InChI is InChI=1S/C24H20F3N3O3S/c1-15(31)24-12-16-13-28-30(19-4-2-18(25)3-5-19)23(16)10-17(24)8-9-29(14-24)34(32,33)20-6-7-21(26)22(27)11-20/h2-7,10-11,13H,8-9,12,14H2,1H3/t24-/m1/s1. The molecule has 0 bridgehead atoms. The Morgan fingerprint density at radius 3 is 2.47 bits per heavy atom. The number of piperidine rings is 1. The molecule has 0 saturated carbocycles. The van der Waals surface area contributed by atoms with Crippen LogP contribution >= 0.6 is 0 Å². The molecule has 2 aromatic carbocycles. The lowest BCUT2D eigenvalue weighted by Gasteiger charge is -2.44. The fraction of sp³-hybridized carbons (Fsp3) is 0.250. The molecule has 3 aromatic rings. The molecule has 5 rings (SSSR count). The molecule has 10 heteroatoms. The van der Waals surface area contributed by atoms with Gasteiger partial charge in [-0.1, -0.05) is 5.57 Å². The third-order valence-corrected chi connectivity index (χ3v) is 8.50. The van der Waals surface area contributed by atoms with Crippen LogP contribution in [0.4, 0.5) is 13.2 Å². The first kappa shape index (κ1) is 22.5. The van der Waals surface area contributed by atoms with Gasteiger partial charge in [0, 0.05) is 13.1 Å². The summed E-state index contributed by atoms with van der Waals surface area (Å²) in [6.45, 7) is 1.40. The molecule has 1 saturated heterocycles. The number of hydrogen-bond acceptors (Lipinski definition) is 4. The summed E-state index contributed by atoms with van der Waals surface area (Å²) in [6.07, 6.45) is 4.02. The zero-order chi connectivity index (χ0) is 24.3. The third-order valence-electron chi connectivity index (χ3n) is 6.65. The van der Waals surface area contributed by atoms with E-state index < -0.39 is 27.1 Å². The van der Waals surface area contributed by atoms with Gasteiger partial charge in [-0.15, -0.1) is 0 Å². The van der Waals surface area contributed by atoms with Crippen LogP contribution < -0.4 is 0 Å². The van der Waals surface area contributed by atoms with Crippen LogP contribution in [-0.4, -0.2) is 41.4 Å². The maximum Gasteiger partial charge on any atom is 0.243 e. The molecule has 2 heterocycles. The molecule has 0 spiro atoms. The van der Waals surface area contributed by atoms with Gasteiger partial charge in [0.2, 0.25) is 10.0 Å². The van der Waals surface area contributed by atoms with Crippen LogP contribution in [0.25, 0.3) is 11.8 Å². The second kappa shape index (κ2) is 7.92. The maximum atomic E-state index is 13.7. The van der Waals surface area contributed by atoms with Crippen LogP contribution in [0.1, 0.15) is 24.6 Å². The van der Waals surface area contributed by atoms with Crippen molar-refractivity contribution >= 4 is 21.9 Å². The summed E-state index contributed by atoms with van der Waals surface area (Å²) in [5.41, 5.74) is 1.88. The van der Waals surface area contributed by atoms with Crippen LogP contribution in [0.15, 0.2) is 59.1 Å². The van der Waals surface area contributed by atoms with Gasteiger partial charge in [0.15, 0.2) is 11.6 Å². The van der Waals surface area contributed by atoms with Crippen molar-refractivity contribution < 1.29 is 26.4 Å². The number of Topliss-reactive ketones (excluding diaryl/α,β-unsaturated/α-hetero) is 1. The van der Waals surface area contributed by atoms with E-state index in [0.29, 0.717) is 11.8 Å². The zero-order valence-electron chi connectivity index (χ0n) is 18.1. The Balaban J connectivity index is 1.53. The van der Waals surface area contributed by atoms with Gasteiger partial charge < -0.3 is 0 Å². The van der Waals surface area contributed by atoms with E-state index in [1.807, 2.05) is 6.08 Å². The van der Waals surface area contributed by atoms with Gasteiger partial charge in [-0.05, 0) is 73.9 Å². The molecular weight excluding hydrogens is 467 g/mol. The molecule has 2 aliphatic rings. The van der Waals surface area contributed by atoms with Crippen LogP contribution in [0.3, 0.4) is 0 Å². The summed E-state index contributed by atoms with van der Waals surface area (Å²) in [5.74, 6) is -2.95. The molecule has 34 heavy (non-hydrogen) atoms. The number of carbonyl (C=O) groups excluding carboxylic acids is 1. The monoisotopic (exact) mass is 487 g/mol. The topological polar surface area (TPSA) is 72.3 Å². The van der Waals surface area contributed by atoms with E-state index in [1.54, 1.807) is 23.0 Å². The van der Waals surface area contributed by atoms with Crippen molar-refractivity contribution in [1.82, 2.24) is 14.1 Å². The van der Waals surface area contributed by atoms with Crippen LogP contribution in [0, 0.1) is 22.9 Å². The Labute approximate surface area is 194 Å². The first-order valence-electron chi connectivity index (χ1n) is 10.6. The highest BCUT2D eigenvalue weighted by Crippen LogP contribution is 2.46. The van der Waals surface area contributed by atoms with E-state index in [2.05, 4.69) is 5.10 Å². The number of benzene rings is 2.